The number of carbonyl (C=O) groups is 3. The Morgan fingerprint density at radius 1 is 0.911 bits per heavy atom. The van der Waals surface area contributed by atoms with E-state index in [4.69, 9.17) is 18.9 Å². The van der Waals surface area contributed by atoms with E-state index in [0.717, 1.165) is 29.4 Å². The maximum absolute atomic E-state index is 12.5. The SMILES string of the molecule is C=C(F)C(=O)OCCCCOc1ccc(C2=CC=C(OC(=O)c3ccc(OC)cc3)C(C)C2)cc1.C=CC(=O)OC.CCCC. The van der Waals surface area contributed by atoms with Gasteiger partial charge in [0, 0.05) is 12.0 Å². The summed E-state index contributed by atoms with van der Waals surface area (Å²) in [5.74, 6) is -0.801. The zero-order valence-electron chi connectivity index (χ0n) is 26.9. The Hall–Kier alpha value is -4.66. The number of rotatable bonds is 13. The van der Waals surface area contributed by atoms with E-state index in [0.29, 0.717) is 36.5 Å². The van der Waals surface area contributed by atoms with Crippen molar-refractivity contribution in [1.29, 1.82) is 0 Å². The van der Waals surface area contributed by atoms with Crippen LogP contribution < -0.4 is 9.47 Å². The first-order valence-corrected chi connectivity index (χ1v) is 14.8. The summed E-state index contributed by atoms with van der Waals surface area (Å²) in [6.07, 6.45) is 9.55. The highest BCUT2D eigenvalue weighted by Crippen LogP contribution is 2.33. The molecule has 8 nitrogen and oxygen atoms in total. The minimum Gasteiger partial charge on any atom is -0.497 e. The van der Waals surface area contributed by atoms with Crippen molar-refractivity contribution in [3.8, 4) is 11.5 Å². The Morgan fingerprint density at radius 2 is 1.51 bits per heavy atom. The van der Waals surface area contributed by atoms with Crippen LogP contribution in [0.1, 0.15) is 68.8 Å². The number of allylic oxidation sites excluding steroid dienone is 4. The normalized spacial score (nSPS) is 13.2. The molecule has 1 aliphatic carbocycles. The van der Waals surface area contributed by atoms with E-state index in [1.54, 1.807) is 31.4 Å². The lowest BCUT2D eigenvalue weighted by molar-refractivity contribution is -0.141. The van der Waals surface area contributed by atoms with Crippen LogP contribution in [0.25, 0.3) is 5.57 Å². The zero-order chi connectivity index (χ0) is 33.6. The third kappa shape index (κ3) is 15.1. The first kappa shape index (κ1) is 38.4. The summed E-state index contributed by atoms with van der Waals surface area (Å²) in [6, 6.07) is 14.6. The molecular formula is C36H45FO8. The Morgan fingerprint density at radius 3 is 2.00 bits per heavy atom. The fourth-order valence-electron chi connectivity index (χ4n) is 3.57. The average Bonchev–Trinajstić information content (AvgIpc) is 3.07. The van der Waals surface area contributed by atoms with E-state index in [-0.39, 0.29) is 12.5 Å². The van der Waals surface area contributed by atoms with Crippen LogP contribution in [0.3, 0.4) is 0 Å². The molecule has 0 aromatic heterocycles. The molecule has 0 N–H and O–H groups in total. The van der Waals surface area contributed by atoms with Crippen molar-refractivity contribution < 1.29 is 42.5 Å². The third-order valence-corrected chi connectivity index (χ3v) is 6.35. The molecule has 0 amide bonds. The van der Waals surface area contributed by atoms with Gasteiger partial charge in [0.2, 0.25) is 5.83 Å². The van der Waals surface area contributed by atoms with E-state index < -0.39 is 23.7 Å². The van der Waals surface area contributed by atoms with Crippen molar-refractivity contribution in [3.05, 3.63) is 103 Å². The van der Waals surface area contributed by atoms with Crippen molar-refractivity contribution >= 4 is 23.5 Å². The summed E-state index contributed by atoms with van der Waals surface area (Å²) in [4.78, 5) is 33.3. The van der Waals surface area contributed by atoms with E-state index in [1.165, 1.54) is 20.0 Å². The maximum atomic E-state index is 12.5. The van der Waals surface area contributed by atoms with Crippen LogP contribution in [0.5, 0.6) is 11.5 Å². The van der Waals surface area contributed by atoms with Gasteiger partial charge in [0.1, 0.15) is 17.3 Å². The predicted octanol–water partition coefficient (Wildman–Crippen LogP) is 8.20. The maximum Gasteiger partial charge on any atom is 0.366 e. The summed E-state index contributed by atoms with van der Waals surface area (Å²) in [5.41, 5.74) is 2.68. The van der Waals surface area contributed by atoms with Crippen molar-refractivity contribution in [1.82, 2.24) is 0 Å². The van der Waals surface area contributed by atoms with Gasteiger partial charge in [-0.15, -0.1) is 0 Å². The van der Waals surface area contributed by atoms with Gasteiger partial charge in [-0.3, -0.25) is 0 Å². The summed E-state index contributed by atoms with van der Waals surface area (Å²) in [6.45, 7) is 13.0. The van der Waals surface area contributed by atoms with Crippen molar-refractivity contribution in [2.24, 2.45) is 5.92 Å². The van der Waals surface area contributed by atoms with Crippen molar-refractivity contribution in [2.45, 2.75) is 52.9 Å². The molecule has 2 aromatic rings. The number of benzene rings is 2. The van der Waals surface area contributed by atoms with Crippen LogP contribution in [0.2, 0.25) is 0 Å². The molecule has 1 aliphatic rings. The Labute approximate surface area is 266 Å². The van der Waals surface area contributed by atoms with Gasteiger partial charge < -0.3 is 23.7 Å². The van der Waals surface area contributed by atoms with Gasteiger partial charge in [-0.1, -0.05) is 65.0 Å². The van der Waals surface area contributed by atoms with Crippen LogP contribution in [-0.2, 0) is 23.8 Å². The largest absolute Gasteiger partial charge is 0.497 e. The van der Waals surface area contributed by atoms with Crippen LogP contribution in [-0.4, -0.2) is 45.3 Å². The highest BCUT2D eigenvalue weighted by Gasteiger charge is 2.21. The molecule has 0 spiro atoms. The molecule has 244 valence electrons. The number of methoxy groups -OCH3 is 2. The first-order chi connectivity index (χ1) is 21.6. The minimum absolute atomic E-state index is 0.0526. The zero-order valence-corrected chi connectivity index (χ0v) is 26.9. The van der Waals surface area contributed by atoms with Crippen LogP contribution in [0.15, 0.2) is 91.5 Å². The van der Waals surface area contributed by atoms with E-state index >= 15 is 0 Å². The standard InChI is InChI=1S/C28H29FO6.C4H6O2.C4H10/c1-19-18-23(10-15-26(19)35-28(31)22-8-11-24(32-3)12-9-22)21-6-13-25(14-7-21)33-16-4-5-17-34-27(30)20(2)29;1-3-4(5)6-2;1-3-4-2/h6-15,19H,2,4-5,16-18H2,1,3H3;3H,1H2,2H3;3-4H2,1-2H3. The molecule has 9 heteroatoms. The molecule has 45 heavy (non-hydrogen) atoms. The lowest BCUT2D eigenvalue weighted by Crippen LogP contribution is -2.13. The fourth-order valence-corrected chi connectivity index (χ4v) is 3.57. The van der Waals surface area contributed by atoms with Gasteiger partial charge in [-0.25, -0.2) is 14.4 Å². The smallest absolute Gasteiger partial charge is 0.366 e. The number of hydrogen-bond donors (Lipinski definition) is 0. The Balaban J connectivity index is 0.000000878. The highest BCUT2D eigenvalue weighted by atomic mass is 19.1. The summed E-state index contributed by atoms with van der Waals surface area (Å²) in [7, 11) is 2.88. The van der Waals surface area contributed by atoms with E-state index in [1.807, 2.05) is 43.3 Å². The predicted molar refractivity (Wildman–Crippen MR) is 173 cm³/mol. The third-order valence-electron chi connectivity index (χ3n) is 6.35. The molecule has 0 fully saturated rings. The molecule has 0 heterocycles. The molecule has 0 radical (unpaired) electrons. The Kier molecular flexibility index (Phi) is 18.7. The van der Waals surface area contributed by atoms with Crippen molar-refractivity contribution in [3.63, 3.8) is 0 Å². The highest BCUT2D eigenvalue weighted by molar-refractivity contribution is 5.90. The lowest BCUT2D eigenvalue weighted by Gasteiger charge is -2.21. The molecule has 0 bridgehead atoms. The second-order valence-electron chi connectivity index (χ2n) is 9.83. The van der Waals surface area contributed by atoms with Crippen LogP contribution in [0, 0.1) is 5.92 Å². The molecule has 2 aromatic carbocycles. The molecule has 0 saturated carbocycles. The number of esters is 3. The molecule has 0 aliphatic heterocycles. The van der Waals surface area contributed by atoms with Crippen LogP contribution >= 0.6 is 0 Å². The molecule has 1 atom stereocenters. The summed E-state index contributed by atoms with van der Waals surface area (Å²) < 4.78 is 37.8. The van der Waals surface area contributed by atoms with Gasteiger partial charge in [-0.2, -0.15) is 4.39 Å². The first-order valence-electron chi connectivity index (χ1n) is 14.8. The number of halogens is 1. The Bertz CT molecular complexity index is 1290. The average molecular weight is 625 g/mol. The second-order valence-corrected chi connectivity index (χ2v) is 9.83. The molecular weight excluding hydrogens is 579 g/mol. The van der Waals surface area contributed by atoms with E-state index in [9.17, 15) is 18.8 Å². The van der Waals surface area contributed by atoms with Gasteiger partial charge in [0.25, 0.3) is 0 Å². The second kappa shape index (κ2) is 21.9. The van der Waals surface area contributed by atoms with Gasteiger partial charge in [0.05, 0.1) is 33.0 Å². The fraction of sp³-hybridized carbons (Fsp3) is 0.361. The number of ether oxygens (including phenoxy) is 5. The molecule has 1 unspecified atom stereocenters. The number of carbonyl (C=O) groups excluding carboxylic acids is 3. The number of hydrogen-bond acceptors (Lipinski definition) is 8. The lowest BCUT2D eigenvalue weighted by atomic mass is 9.90. The van der Waals surface area contributed by atoms with Gasteiger partial charge in [-0.05, 0) is 72.9 Å². The summed E-state index contributed by atoms with van der Waals surface area (Å²) in [5, 5.41) is 0. The van der Waals surface area contributed by atoms with Gasteiger partial charge in [0.15, 0.2) is 0 Å². The minimum atomic E-state index is -1.09. The molecule has 3 rings (SSSR count). The monoisotopic (exact) mass is 624 g/mol. The topological polar surface area (TPSA) is 97.4 Å². The quantitative estimate of drug-likeness (QED) is 0.0952. The van der Waals surface area contributed by atoms with Gasteiger partial charge >= 0.3 is 17.9 Å². The molecule has 0 saturated heterocycles. The van der Waals surface area contributed by atoms with Crippen molar-refractivity contribution in [2.75, 3.05) is 27.4 Å². The van der Waals surface area contributed by atoms with E-state index in [2.05, 4.69) is 31.7 Å². The summed E-state index contributed by atoms with van der Waals surface area (Å²) >= 11 is 0. The number of unbranched alkanes of at least 4 members (excludes halogenated alkanes) is 2. The van der Waals surface area contributed by atoms with Crippen LogP contribution in [0.4, 0.5) is 4.39 Å².